The zero-order valence-electron chi connectivity index (χ0n) is 7.75. The van der Waals surface area contributed by atoms with Crippen LogP contribution in [0.2, 0.25) is 0 Å². The number of hydrogen-bond donors (Lipinski definition) is 2. The van der Waals surface area contributed by atoms with Gasteiger partial charge in [-0.05, 0) is 27.4 Å². The molecule has 1 heterocycles. The summed E-state index contributed by atoms with van der Waals surface area (Å²) in [5, 5.41) is 12.0. The number of nitrogens with two attached hydrogens (primary N) is 1. The first-order valence-electron chi connectivity index (χ1n) is 4.10. The molecule has 2 nitrogen and oxygen atoms in total. The molecule has 0 spiro atoms. The third kappa shape index (κ3) is 2.31. The van der Waals surface area contributed by atoms with E-state index in [1.165, 1.54) is 0 Å². The largest absolute Gasteiger partial charge is 0.387 e. The molecule has 13 heavy (non-hydrogen) atoms. The first-order valence-corrected chi connectivity index (χ1v) is 5.77. The van der Waals surface area contributed by atoms with Crippen LogP contribution in [0.25, 0.3) is 0 Å². The molecule has 0 aliphatic carbocycles. The van der Waals surface area contributed by atoms with Gasteiger partial charge in [0, 0.05) is 21.3 Å². The van der Waals surface area contributed by atoms with Gasteiger partial charge in [0.25, 0.3) is 0 Å². The van der Waals surface area contributed by atoms with Gasteiger partial charge >= 0.3 is 0 Å². The van der Waals surface area contributed by atoms with Crippen LogP contribution in [0.5, 0.6) is 0 Å². The van der Waals surface area contributed by atoms with Crippen molar-refractivity contribution >= 4 is 27.3 Å². The molecule has 4 heteroatoms. The highest BCUT2D eigenvalue weighted by Crippen LogP contribution is 2.38. The van der Waals surface area contributed by atoms with Gasteiger partial charge in [-0.15, -0.1) is 11.3 Å². The second kappa shape index (κ2) is 4.09. The van der Waals surface area contributed by atoms with E-state index in [-0.39, 0.29) is 5.41 Å². The summed E-state index contributed by atoms with van der Waals surface area (Å²) in [6, 6.07) is 1.94. The Bertz CT molecular complexity index is 285. The van der Waals surface area contributed by atoms with Gasteiger partial charge in [-0.25, -0.2) is 0 Å². The number of aliphatic hydroxyl groups is 1. The van der Waals surface area contributed by atoms with Crippen LogP contribution in [-0.4, -0.2) is 11.7 Å². The van der Waals surface area contributed by atoms with Crippen molar-refractivity contribution in [3.63, 3.8) is 0 Å². The standard InChI is InChI=1S/C9H14BrNOS/c1-9(2,5-11)8(12)7-6(10)3-4-13-7/h3-4,8,12H,5,11H2,1-2H3. The molecule has 0 radical (unpaired) electrons. The molecule has 0 saturated heterocycles. The minimum atomic E-state index is -0.494. The van der Waals surface area contributed by atoms with Crippen molar-refractivity contribution in [1.29, 1.82) is 0 Å². The van der Waals surface area contributed by atoms with Crippen LogP contribution >= 0.6 is 27.3 Å². The van der Waals surface area contributed by atoms with E-state index < -0.39 is 6.10 Å². The first-order chi connectivity index (χ1) is 5.99. The highest BCUT2D eigenvalue weighted by molar-refractivity contribution is 9.10. The number of rotatable bonds is 3. The molecule has 1 aromatic heterocycles. The van der Waals surface area contributed by atoms with Crippen molar-refractivity contribution in [2.45, 2.75) is 20.0 Å². The first kappa shape index (κ1) is 11.2. The van der Waals surface area contributed by atoms with Crippen LogP contribution in [-0.2, 0) is 0 Å². The van der Waals surface area contributed by atoms with Crippen LogP contribution in [0, 0.1) is 5.41 Å². The van der Waals surface area contributed by atoms with Gasteiger partial charge < -0.3 is 10.8 Å². The van der Waals surface area contributed by atoms with Gasteiger partial charge in [0.15, 0.2) is 0 Å². The van der Waals surface area contributed by atoms with E-state index in [1.54, 1.807) is 11.3 Å². The Morgan fingerprint density at radius 1 is 1.69 bits per heavy atom. The minimum Gasteiger partial charge on any atom is -0.387 e. The van der Waals surface area contributed by atoms with Crippen LogP contribution in [0.1, 0.15) is 24.8 Å². The molecule has 0 bridgehead atoms. The van der Waals surface area contributed by atoms with Gasteiger partial charge in [-0.2, -0.15) is 0 Å². The highest BCUT2D eigenvalue weighted by Gasteiger charge is 2.29. The van der Waals surface area contributed by atoms with Crippen LogP contribution in [0.15, 0.2) is 15.9 Å². The summed E-state index contributed by atoms with van der Waals surface area (Å²) in [6.45, 7) is 4.39. The lowest BCUT2D eigenvalue weighted by molar-refractivity contribution is 0.0580. The molecular formula is C9H14BrNOS. The van der Waals surface area contributed by atoms with Crippen LogP contribution < -0.4 is 5.73 Å². The third-order valence-corrected chi connectivity index (χ3v) is 4.08. The highest BCUT2D eigenvalue weighted by atomic mass is 79.9. The molecule has 0 fully saturated rings. The van der Waals surface area contributed by atoms with Gasteiger partial charge in [-0.3, -0.25) is 0 Å². The quantitative estimate of drug-likeness (QED) is 0.881. The van der Waals surface area contributed by atoms with Crippen LogP contribution in [0.3, 0.4) is 0 Å². The zero-order chi connectivity index (χ0) is 10.1. The van der Waals surface area contributed by atoms with Gasteiger partial charge in [-0.1, -0.05) is 13.8 Å². The summed E-state index contributed by atoms with van der Waals surface area (Å²) in [7, 11) is 0. The topological polar surface area (TPSA) is 46.2 Å². The molecule has 1 unspecified atom stereocenters. The van der Waals surface area contributed by atoms with Crippen molar-refractivity contribution in [3.05, 3.63) is 20.8 Å². The molecular weight excluding hydrogens is 250 g/mol. The Morgan fingerprint density at radius 2 is 2.31 bits per heavy atom. The summed E-state index contributed by atoms with van der Waals surface area (Å²) < 4.78 is 0.964. The molecule has 1 rings (SSSR count). The predicted molar refractivity (Wildman–Crippen MR) is 59.8 cm³/mol. The maximum Gasteiger partial charge on any atom is 0.0956 e. The summed E-state index contributed by atoms with van der Waals surface area (Å²) in [4.78, 5) is 0.954. The molecule has 0 aromatic carbocycles. The van der Waals surface area contributed by atoms with E-state index >= 15 is 0 Å². The summed E-state index contributed by atoms with van der Waals surface area (Å²) in [6.07, 6.45) is -0.494. The van der Waals surface area contributed by atoms with Crippen molar-refractivity contribution < 1.29 is 5.11 Å². The van der Waals surface area contributed by atoms with E-state index in [0.717, 1.165) is 9.35 Å². The Hall–Kier alpha value is 0.100. The van der Waals surface area contributed by atoms with E-state index in [4.69, 9.17) is 5.73 Å². The summed E-state index contributed by atoms with van der Waals surface area (Å²) >= 11 is 4.95. The average Bonchev–Trinajstić information content (AvgIpc) is 2.50. The van der Waals surface area contributed by atoms with Crippen molar-refractivity contribution in [2.75, 3.05) is 6.54 Å². The molecule has 0 saturated carbocycles. The second-order valence-corrected chi connectivity index (χ2v) is 5.53. The number of aliphatic hydroxyl groups excluding tert-OH is 1. The van der Waals surface area contributed by atoms with E-state index in [0.29, 0.717) is 6.54 Å². The van der Waals surface area contributed by atoms with E-state index in [9.17, 15) is 5.11 Å². The molecule has 0 aliphatic heterocycles. The SMILES string of the molecule is CC(C)(CN)C(O)c1sccc1Br. The number of halogens is 1. The maximum absolute atomic E-state index is 10.0. The Morgan fingerprint density at radius 3 is 2.69 bits per heavy atom. The van der Waals surface area contributed by atoms with Crippen molar-refractivity contribution in [1.82, 2.24) is 0 Å². The Labute approximate surface area is 90.9 Å². The van der Waals surface area contributed by atoms with Gasteiger partial charge in [0.1, 0.15) is 0 Å². The molecule has 1 aromatic rings. The molecule has 3 N–H and O–H groups in total. The predicted octanol–water partition coefficient (Wildman–Crippen LogP) is 2.53. The fourth-order valence-corrected chi connectivity index (χ4v) is 2.75. The fourth-order valence-electron chi connectivity index (χ4n) is 0.967. The van der Waals surface area contributed by atoms with E-state index in [1.807, 2.05) is 25.3 Å². The smallest absolute Gasteiger partial charge is 0.0956 e. The van der Waals surface area contributed by atoms with E-state index in [2.05, 4.69) is 15.9 Å². The molecule has 0 aliphatic rings. The third-order valence-electron chi connectivity index (χ3n) is 2.16. The number of hydrogen-bond acceptors (Lipinski definition) is 3. The minimum absolute atomic E-state index is 0.270. The molecule has 74 valence electrons. The summed E-state index contributed by atoms with van der Waals surface area (Å²) in [5.41, 5.74) is 5.32. The lowest BCUT2D eigenvalue weighted by Crippen LogP contribution is -2.30. The maximum atomic E-state index is 10.0. The second-order valence-electron chi connectivity index (χ2n) is 3.73. The number of thiophene rings is 1. The van der Waals surface area contributed by atoms with Crippen molar-refractivity contribution in [3.8, 4) is 0 Å². The lowest BCUT2D eigenvalue weighted by Gasteiger charge is -2.28. The van der Waals surface area contributed by atoms with Gasteiger partial charge in [0.2, 0.25) is 0 Å². The van der Waals surface area contributed by atoms with Crippen LogP contribution in [0.4, 0.5) is 0 Å². The Balaban J connectivity index is 2.91. The molecule has 0 amide bonds. The average molecular weight is 264 g/mol. The fraction of sp³-hybridized carbons (Fsp3) is 0.556. The summed E-state index contributed by atoms with van der Waals surface area (Å²) in [5.74, 6) is 0. The molecule has 1 atom stereocenters. The normalized spacial score (nSPS) is 14.5. The lowest BCUT2D eigenvalue weighted by atomic mass is 9.86. The monoisotopic (exact) mass is 263 g/mol. The Kier molecular flexibility index (Phi) is 3.51. The zero-order valence-corrected chi connectivity index (χ0v) is 10.2. The van der Waals surface area contributed by atoms with Gasteiger partial charge in [0.05, 0.1) is 6.10 Å². The van der Waals surface area contributed by atoms with Crippen molar-refractivity contribution in [2.24, 2.45) is 11.1 Å².